The molecule has 1 aromatic carbocycles. The van der Waals surface area contributed by atoms with Gasteiger partial charge < -0.3 is 10.6 Å². The normalized spacial score (nSPS) is 10.6. The number of aryl methyl sites for hydroxylation is 1. The van der Waals surface area contributed by atoms with Crippen LogP contribution in [0.4, 0.5) is 17.2 Å². The van der Waals surface area contributed by atoms with Gasteiger partial charge in [-0.1, -0.05) is 13.3 Å². The first-order valence-corrected chi connectivity index (χ1v) is 8.34. The molecule has 3 N–H and O–H groups in total. The van der Waals surface area contributed by atoms with E-state index in [4.69, 9.17) is 5.73 Å². The number of nitrogens with zero attached hydrogens (tertiary/aromatic N) is 3. The number of nitro benzene ring substituents is 1. The summed E-state index contributed by atoms with van der Waals surface area (Å²) in [7, 11) is 1.36. The summed E-state index contributed by atoms with van der Waals surface area (Å²) in [5, 5.41) is 10.9. The van der Waals surface area contributed by atoms with Gasteiger partial charge in [-0.05, 0) is 25.5 Å². The molecule has 0 saturated heterocycles. The molecule has 2 aromatic rings. The number of nitro groups is 1. The largest absolute Gasteiger partial charge is 0.383 e. The number of aromatic nitrogens is 2. The minimum Gasteiger partial charge on any atom is -0.383 e. The fraction of sp³-hybridized carbons (Fsp3) is 0.353. The molecule has 10 heteroatoms. The molecule has 0 fully saturated rings. The highest BCUT2D eigenvalue weighted by Crippen LogP contribution is 2.22. The van der Waals surface area contributed by atoms with Crippen molar-refractivity contribution >= 4 is 23.1 Å². The summed E-state index contributed by atoms with van der Waals surface area (Å²) in [6.45, 7) is 3.77. The van der Waals surface area contributed by atoms with Crippen LogP contribution in [-0.4, -0.2) is 27.4 Å². The number of unbranched alkanes of at least 4 members (excludes halogenated alkanes) is 1. The van der Waals surface area contributed by atoms with E-state index in [1.165, 1.54) is 36.7 Å². The van der Waals surface area contributed by atoms with Gasteiger partial charge in [0.15, 0.2) is 5.69 Å². The van der Waals surface area contributed by atoms with E-state index < -0.39 is 22.1 Å². The van der Waals surface area contributed by atoms with Crippen LogP contribution in [0.1, 0.15) is 35.7 Å². The van der Waals surface area contributed by atoms with Crippen molar-refractivity contribution in [2.75, 3.05) is 17.7 Å². The molecule has 1 aromatic heterocycles. The van der Waals surface area contributed by atoms with E-state index >= 15 is 0 Å². The minimum atomic E-state index is -0.778. The summed E-state index contributed by atoms with van der Waals surface area (Å²) in [6.07, 6.45) is 1.49. The maximum absolute atomic E-state index is 12.8. The highest BCUT2D eigenvalue weighted by molar-refractivity contribution is 6.07. The summed E-state index contributed by atoms with van der Waals surface area (Å²) in [4.78, 5) is 50.6. The first kappa shape index (κ1) is 19.9. The van der Waals surface area contributed by atoms with E-state index in [0.717, 1.165) is 11.3 Å². The average Bonchev–Trinajstić information content (AvgIpc) is 2.60. The van der Waals surface area contributed by atoms with Crippen LogP contribution in [0, 0.1) is 17.0 Å². The van der Waals surface area contributed by atoms with E-state index in [1.807, 2.05) is 6.92 Å². The van der Waals surface area contributed by atoms with Crippen molar-refractivity contribution < 1.29 is 9.72 Å². The Morgan fingerprint density at radius 3 is 2.59 bits per heavy atom. The Bertz CT molecular complexity index is 1010. The molecule has 27 heavy (non-hydrogen) atoms. The van der Waals surface area contributed by atoms with Gasteiger partial charge in [-0.25, -0.2) is 4.79 Å². The molecule has 10 nitrogen and oxygen atoms in total. The Morgan fingerprint density at radius 2 is 2.04 bits per heavy atom. The van der Waals surface area contributed by atoms with E-state index in [2.05, 4.69) is 4.98 Å². The van der Waals surface area contributed by atoms with Crippen LogP contribution in [0.3, 0.4) is 0 Å². The lowest BCUT2D eigenvalue weighted by Gasteiger charge is -2.20. The van der Waals surface area contributed by atoms with Crippen molar-refractivity contribution in [3.63, 3.8) is 0 Å². The molecule has 0 aliphatic rings. The highest BCUT2D eigenvalue weighted by atomic mass is 16.6. The summed E-state index contributed by atoms with van der Waals surface area (Å²) < 4.78 is 1.21. The molecule has 0 aliphatic heterocycles. The maximum Gasteiger partial charge on any atom is 0.330 e. The molecule has 1 heterocycles. The number of carbonyl (C=O) groups is 1. The van der Waals surface area contributed by atoms with Gasteiger partial charge in [0.25, 0.3) is 17.2 Å². The van der Waals surface area contributed by atoms with Crippen molar-refractivity contribution in [2.45, 2.75) is 33.2 Å². The Hall–Kier alpha value is -3.43. The van der Waals surface area contributed by atoms with Gasteiger partial charge >= 0.3 is 5.69 Å². The summed E-state index contributed by atoms with van der Waals surface area (Å²) in [5.74, 6) is -0.683. The van der Waals surface area contributed by atoms with Crippen molar-refractivity contribution in [2.24, 2.45) is 0 Å². The fourth-order valence-electron chi connectivity index (χ4n) is 2.73. The van der Waals surface area contributed by atoms with Gasteiger partial charge in [0, 0.05) is 30.8 Å². The summed E-state index contributed by atoms with van der Waals surface area (Å²) in [6, 6.07) is 3.90. The predicted molar refractivity (Wildman–Crippen MR) is 101 cm³/mol. The smallest absolute Gasteiger partial charge is 0.330 e. The van der Waals surface area contributed by atoms with Gasteiger partial charge in [-0.2, -0.15) is 0 Å². The quantitative estimate of drug-likeness (QED) is 0.577. The molecule has 1 amide bonds. The number of amides is 1. The van der Waals surface area contributed by atoms with Gasteiger partial charge in [-0.15, -0.1) is 0 Å². The maximum atomic E-state index is 12.8. The van der Waals surface area contributed by atoms with Crippen molar-refractivity contribution in [3.05, 3.63) is 60.3 Å². The van der Waals surface area contributed by atoms with Gasteiger partial charge in [-0.3, -0.25) is 29.3 Å². The third kappa shape index (κ3) is 3.89. The number of aromatic amines is 1. The van der Waals surface area contributed by atoms with E-state index in [0.29, 0.717) is 18.5 Å². The Labute approximate surface area is 154 Å². The lowest BCUT2D eigenvalue weighted by molar-refractivity contribution is -0.385. The zero-order valence-corrected chi connectivity index (χ0v) is 15.3. The van der Waals surface area contributed by atoms with Gasteiger partial charge in [0.05, 0.1) is 4.92 Å². The zero-order valence-electron chi connectivity index (χ0n) is 15.3. The second kappa shape index (κ2) is 7.85. The topological polar surface area (TPSA) is 144 Å². The molecule has 0 atom stereocenters. The monoisotopic (exact) mass is 375 g/mol. The van der Waals surface area contributed by atoms with E-state index in [-0.39, 0.29) is 22.8 Å². The lowest BCUT2D eigenvalue weighted by atomic mass is 10.1. The third-order valence-electron chi connectivity index (χ3n) is 4.23. The molecular formula is C17H21N5O5. The van der Waals surface area contributed by atoms with Crippen LogP contribution < -0.4 is 21.9 Å². The molecule has 0 unspecified atom stereocenters. The van der Waals surface area contributed by atoms with Crippen LogP contribution in [-0.2, 0) is 6.54 Å². The highest BCUT2D eigenvalue weighted by Gasteiger charge is 2.23. The molecule has 0 saturated carbocycles. The number of hydrogen-bond acceptors (Lipinski definition) is 6. The number of rotatable bonds is 6. The summed E-state index contributed by atoms with van der Waals surface area (Å²) in [5.41, 5.74) is 4.79. The lowest BCUT2D eigenvalue weighted by Crippen LogP contribution is -2.39. The fourth-order valence-corrected chi connectivity index (χ4v) is 2.73. The average molecular weight is 375 g/mol. The second-order valence-electron chi connectivity index (χ2n) is 6.12. The van der Waals surface area contributed by atoms with Crippen LogP contribution in [0.15, 0.2) is 27.8 Å². The standard InChI is InChI=1S/C17H21N5O5/c1-4-5-8-21-14(18)13(15(23)19-17(21)25)20(3)16(24)11-6-7-12(22(26)27)10(2)9-11/h6-7,9H,4-5,8,18H2,1-3H3,(H,19,23,25). The van der Waals surface area contributed by atoms with E-state index in [9.17, 15) is 24.5 Å². The number of nitrogens with two attached hydrogens (primary N) is 1. The second-order valence-corrected chi connectivity index (χ2v) is 6.12. The number of hydrogen-bond donors (Lipinski definition) is 2. The first-order chi connectivity index (χ1) is 12.7. The van der Waals surface area contributed by atoms with Crippen molar-refractivity contribution in [1.29, 1.82) is 0 Å². The van der Waals surface area contributed by atoms with Crippen molar-refractivity contribution in [3.8, 4) is 0 Å². The number of nitrogen functional groups attached to an aromatic ring is 1. The minimum absolute atomic E-state index is 0.105. The molecule has 2 rings (SSSR count). The number of anilines is 2. The predicted octanol–water partition coefficient (Wildman–Crippen LogP) is 1.41. The molecule has 0 radical (unpaired) electrons. The van der Waals surface area contributed by atoms with E-state index in [1.54, 1.807) is 0 Å². The van der Waals surface area contributed by atoms with Crippen LogP contribution in [0.2, 0.25) is 0 Å². The third-order valence-corrected chi connectivity index (χ3v) is 4.23. The molecule has 0 aliphatic carbocycles. The SMILES string of the molecule is CCCCn1c(N)c(N(C)C(=O)c2ccc([N+](=O)[O-])c(C)c2)c(=O)[nH]c1=O. The molecule has 144 valence electrons. The Balaban J connectivity index is 2.48. The first-order valence-electron chi connectivity index (χ1n) is 8.34. The Kier molecular flexibility index (Phi) is 5.78. The van der Waals surface area contributed by atoms with Crippen LogP contribution in [0.5, 0.6) is 0 Å². The zero-order chi connectivity index (χ0) is 20.3. The molecule has 0 spiro atoms. The Morgan fingerprint density at radius 1 is 1.37 bits per heavy atom. The number of carbonyl (C=O) groups excluding carboxylic acids is 1. The number of benzene rings is 1. The van der Waals surface area contributed by atoms with Gasteiger partial charge in [0.2, 0.25) is 0 Å². The molecular weight excluding hydrogens is 354 g/mol. The summed E-state index contributed by atoms with van der Waals surface area (Å²) >= 11 is 0. The number of H-pyrrole nitrogens is 1. The van der Waals surface area contributed by atoms with Crippen molar-refractivity contribution in [1.82, 2.24) is 9.55 Å². The molecule has 0 bridgehead atoms. The number of nitrogens with one attached hydrogen (secondary N) is 1. The van der Waals surface area contributed by atoms with Crippen LogP contribution in [0.25, 0.3) is 0 Å². The van der Waals surface area contributed by atoms with Crippen LogP contribution >= 0.6 is 0 Å². The van der Waals surface area contributed by atoms with Gasteiger partial charge in [0.1, 0.15) is 5.82 Å².